The topological polar surface area (TPSA) is 235 Å². The summed E-state index contributed by atoms with van der Waals surface area (Å²) in [4.78, 5) is 19.7. The fourth-order valence-electron chi connectivity index (χ4n) is 4.28. The van der Waals surface area contributed by atoms with Crippen LogP contribution in [-0.4, -0.2) is 66.0 Å². The van der Waals surface area contributed by atoms with E-state index >= 15 is 0 Å². The first-order valence-electron chi connectivity index (χ1n) is 11.2. The van der Waals surface area contributed by atoms with Crippen LogP contribution in [-0.2, 0) is 23.8 Å². The summed E-state index contributed by atoms with van der Waals surface area (Å²) in [6.45, 7) is 2.16. The number of nitrogens with zero attached hydrogens (tertiary/aromatic N) is 4. The SMILES string of the molecule is CO.CO.CO.O=[N+]([O-])[O-].[O-2].[O-2].[O-]c1c(C=Nc2cccc3cccnc23)cc2c3c1CCCN3CCC2.[U]. The Bertz CT molecular complexity index is 1140. The number of hydrogen-bond donors (Lipinski definition) is 3. The average molecular weight is 771 g/mol. The smallest absolute Gasteiger partial charge is 0.0958 e. The van der Waals surface area contributed by atoms with Gasteiger partial charge in [0.05, 0.1) is 16.3 Å². The maximum absolute atomic E-state index is 13.0. The number of aryl methyl sites for hydroxylation is 1. The normalized spacial score (nSPS) is 11.9. The van der Waals surface area contributed by atoms with E-state index in [2.05, 4.69) is 20.9 Å². The number of anilines is 1. The summed E-state index contributed by atoms with van der Waals surface area (Å²) in [5.74, 6) is 0.146. The van der Waals surface area contributed by atoms with Gasteiger partial charge in [0.15, 0.2) is 0 Å². The number of pyridine rings is 1. The molecule has 0 radical (unpaired) electrons. The minimum absolute atomic E-state index is 0. The first-order valence-corrected chi connectivity index (χ1v) is 11.2. The number of aromatic nitrogens is 1. The molecule has 3 heterocycles. The molecule has 0 spiro atoms. The average Bonchev–Trinajstić information content (AvgIpc) is 2.93. The van der Waals surface area contributed by atoms with E-state index in [-0.39, 0.29) is 47.8 Å². The summed E-state index contributed by atoms with van der Waals surface area (Å²) in [6, 6.07) is 12.0. The number of rotatable bonds is 2. The third-order valence-corrected chi connectivity index (χ3v) is 5.46. The van der Waals surface area contributed by atoms with Gasteiger partial charge in [-0.05, 0) is 60.6 Å². The van der Waals surface area contributed by atoms with Gasteiger partial charge in [-0.2, -0.15) is 0 Å². The van der Waals surface area contributed by atoms with Gasteiger partial charge < -0.3 is 51.6 Å². The molecule has 0 unspecified atom stereocenters. The number of hydrogen-bond acceptors (Lipinski definition) is 10. The molecule has 0 saturated heterocycles. The third kappa shape index (κ3) is 11.1. The molecule has 3 aromatic rings. The number of aliphatic hydroxyl groups is 3. The molecule has 13 nitrogen and oxygen atoms in total. The van der Waals surface area contributed by atoms with E-state index < -0.39 is 5.09 Å². The van der Waals surface area contributed by atoms with Crippen LogP contribution in [0.1, 0.15) is 29.5 Å². The van der Waals surface area contributed by atoms with Gasteiger partial charge in [-0.15, -0.1) is 0 Å². The van der Waals surface area contributed by atoms with Crippen molar-refractivity contribution in [1.82, 2.24) is 4.98 Å². The molecule has 2 aliphatic heterocycles. The van der Waals surface area contributed by atoms with Crippen LogP contribution >= 0.6 is 0 Å². The molecule has 216 valence electrons. The van der Waals surface area contributed by atoms with Crippen molar-refractivity contribution in [2.45, 2.75) is 25.7 Å². The Morgan fingerprint density at radius 1 is 0.974 bits per heavy atom. The fraction of sp³-hybridized carbons (Fsp3) is 0.360. The maximum atomic E-state index is 13.0. The van der Waals surface area contributed by atoms with Gasteiger partial charge >= 0.3 is 0 Å². The predicted octanol–water partition coefficient (Wildman–Crippen LogP) is 2.11. The van der Waals surface area contributed by atoms with Crippen molar-refractivity contribution in [3.05, 3.63) is 74.6 Å². The fourth-order valence-corrected chi connectivity index (χ4v) is 4.28. The van der Waals surface area contributed by atoms with Gasteiger partial charge in [0.2, 0.25) is 0 Å². The Labute approximate surface area is 250 Å². The van der Waals surface area contributed by atoms with Gasteiger partial charge in [0.25, 0.3) is 0 Å². The van der Waals surface area contributed by atoms with Crippen LogP contribution in [0.25, 0.3) is 10.9 Å². The van der Waals surface area contributed by atoms with Crippen molar-refractivity contribution >= 4 is 28.5 Å². The van der Waals surface area contributed by atoms with Crippen molar-refractivity contribution in [2.75, 3.05) is 39.3 Å². The van der Waals surface area contributed by atoms with Gasteiger partial charge in [0, 0.05) is 89.0 Å². The molecule has 2 aromatic carbocycles. The van der Waals surface area contributed by atoms with Gasteiger partial charge in [-0.1, -0.05) is 23.9 Å². The van der Waals surface area contributed by atoms with Gasteiger partial charge in [-0.25, -0.2) is 0 Å². The number of benzene rings is 2. The van der Waals surface area contributed by atoms with Crippen molar-refractivity contribution in [3.8, 4) is 5.75 Å². The quantitative estimate of drug-likeness (QED) is 0.196. The third-order valence-electron chi connectivity index (χ3n) is 5.46. The Morgan fingerprint density at radius 3 is 2.15 bits per heavy atom. The second kappa shape index (κ2) is 22.0. The van der Waals surface area contributed by atoms with Crippen molar-refractivity contribution in [2.24, 2.45) is 4.99 Å². The molecular weight excluding hydrogens is 738 g/mol. The number of aliphatic imine (C=N–C) groups is 1. The Morgan fingerprint density at radius 2 is 1.54 bits per heavy atom. The zero-order chi connectivity index (χ0) is 27.1. The number of para-hydroxylation sites is 1. The second-order valence-electron chi connectivity index (χ2n) is 7.31. The predicted molar refractivity (Wildman–Crippen MR) is 140 cm³/mol. The molecular formula is C25H32N4O9U-6. The largest absolute Gasteiger partial charge is 2.00 e. The molecule has 5 rings (SSSR count). The molecule has 1 aromatic heterocycles. The van der Waals surface area contributed by atoms with E-state index in [1.54, 1.807) is 12.4 Å². The van der Waals surface area contributed by atoms with Crippen LogP contribution in [0.15, 0.2) is 47.6 Å². The Kier molecular flexibility index (Phi) is 23.0. The Balaban J connectivity index is -0.000000891. The minimum Gasteiger partial charge on any atom is -2.00 e. The van der Waals surface area contributed by atoms with Crippen molar-refractivity contribution < 1.29 is 67.6 Å². The molecule has 14 heteroatoms. The van der Waals surface area contributed by atoms with E-state index in [0.29, 0.717) is 5.56 Å². The summed E-state index contributed by atoms with van der Waals surface area (Å²) >= 11 is 0. The first-order chi connectivity index (χ1) is 17.5. The molecule has 0 amide bonds. The van der Waals surface area contributed by atoms with E-state index in [9.17, 15) is 5.11 Å². The molecule has 0 aliphatic carbocycles. The van der Waals surface area contributed by atoms with E-state index in [1.807, 2.05) is 30.3 Å². The van der Waals surface area contributed by atoms with Crippen molar-refractivity contribution in [1.29, 1.82) is 0 Å². The molecule has 39 heavy (non-hydrogen) atoms. The number of fused-ring (bicyclic) bond motifs is 1. The van der Waals surface area contributed by atoms with Crippen LogP contribution < -0.4 is 10.0 Å². The summed E-state index contributed by atoms with van der Waals surface area (Å²) < 4.78 is 0. The molecule has 0 atom stereocenters. The molecule has 3 N–H and O–H groups in total. The zero-order valence-corrected chi connectivity index (χ0v) is 26.1. The van der Waals surface area contributed by atoms with E-state index in [4.69, 9.17) is 30.6 Å². The van der Waals surface area contributed by atoms with Gasteiger partial charge in [-0.3, -0.25) is 9.98 Å². The van der Waals surface area contributed by atoms with E-state index in [0.717, 1.165) is 82.3 Å². The summed E-state index contributed by atoms with van der Waals surface area (Å²) in [6.07, 6.45) is 7.67. The summed E-state index contributed by atoms with van der Waals surface area (Å²) in [7, 11) is 3.00. The van der Waals surface area contributed by atoms with Gasteiger partial charge in [0.1, 0.15) is 0 Å². The Hall–Kier alpha value is -2.83. The maximum Gasteiger partial charge on any atom is 0.0958 e. The molecule has 0 fully saturated rings. The first kappa shape index (κ1) is 40.7. The molecule has 0 bridgehead atoms. The summed E-state index contributed by atoms with van der Waals surface area (Å²) in [5.41, 5.74) is 5.89. The monoisotopic (exact) mass is 770 g/mol. The molecule has 2 aliphatic rings. The number of aliphatic hydroxyl groups excluding tert-OH is 3. The van der Waals surface area contributed by atoms with Crippen LogP contribution in [0.4, 0.5) is 11.4 Å². The van der Waals surface area contributed by atoms with Crippen molar-refractivity contribution in [3.63, 3.8) is 0 Å². The van der Waals surface area contributed by atoms with E-state index in [1.165, 1.54) is 11.3 Å². The van der Waals surface area contributed by atoms with Crippen LogP contribution in [0.3, 0.4) is 0 Å². The van der Waals surface area contributed by atoms with Crippen LogP contribution in [0, 0.1) is 46.4 Å². The summed E-state index contributed by atoms with van der Waals surface area (Å²) in [5, 5.41) is 49.8. The second-order valence-corrected chi connectivity index (χ2v) is 7.31. The standard InChI is InChI=1S/C22H21N3O.3CH4O.NO3.2O.U/c26-22-17(13-16-7-3-11-25-12-4-8-18(22)21(16)25)14-24-19-9-1-5-15-6-2-10-23-20(15)19;3*1-2;2-1(3)4;;;/h1-2,5-6,9-10,13-14,26H,3-4,7-8,11-12H2;3*2H,1H3;;;;/q;;;;-1;2*-2;/p-1. The molecule has 0 saturated carbocycles. The van der Waals surface area contributed by atoms with Crippen LogP contribution in [0.5, 0.6) is 5.75 Å². The minimum atomic E-state index is -1.75. The zero-order valence-electron chi connectivity index (χ0n) is 21.9. The van der Waals surface area contributed by atoms with Crippen LogP contribution in [0.2, 0.25) is 0 Å².